The van der Waals surface area contributed by atoms with Crippen molar-refractivity contribution >= 4 is 5.78 Å². The normalized spacial score (nSPS) is 30.4. The lowest BCUT2D eigenvalue weighted by atomic mass is 9.70. The first-order valence-electron chi connectivity index (χ1n) is 5.87. The van der Waals surface area contributed by atoms with Crippen molar-refractivity contribution in [2.75, 3.05) is 0 Å². The van der Waals surface area contributed by atoms with E-state index in [1.807, 2.05) is 0 Å². The minimum Gasteiger partial charge on any atom is -0.299 e. The molecule has 0 aromatic heterocycles. The van der Waals surface area contributed by atoms with Crippen molar-refractivity contribution in [1.29, 1.82) is 0 Å². The van der Waals surface area contributed by atoms with Crippen LogP contribution in [0.25, 0.3) is 0 Å². The molecule has 0 radical (unpaired) electrons. The Balaban J connectivity index is 2.30. The molecule has 1 fully saturated rings. The number of carbonyl (C=O) groups is 1. The molecule has 1 aliphatic rings. The summed E-state index contributed by atoms with van der Waals surface area (Å²) in [5, 5.41) is 0. The Kier molecular flexibility index (Phi) is 3.08. The lowest BCUT2D eigenvalue weighted by Gasteiger charge is -2.33. The van der Waals surface area contributed by atoms with E-state index in [2.05, 4.69) is 13.8 Å². The number of hydrogen-bond acceptors (Lipinski definition) is 1. The molecule has 0 unspecified atom stereocenters. The van der Waals surface area contributed by atoms with Gasteiger partial charge < -0.3 is 0 Å². The average molecular weight is 220 g/mol. The first-order valence-corrected chi connectivity index (χ1v) is 5.87. The number of halogens is 1. The zero-order valence-corrected chi connectivity index (χ0v) is 9.74. The third-order valence-electron chi connectivity index (χ3n) is 3.85. The standard InChI is InChI=1S/C14H17FO/c1-9-3-8-13(16)14(10(9)2)11-4-6-12(15)7-5-11/h4-7,9-10,14H,3,8H2,1-2H3/t9-,10+,14+/m0/s1. The van der Waals surface area contributed by atoms with Crippen molar-refractivity contribution in [2.24, 2.45) is 11.8 Å². The summed E-state index contributed by atoms with van der Waals surface area (Å²) >= 11 is 0. The van der Waals surface area contributed by atoms with Crippen LogP contribution >= 0.6 is 0 Å². The van der Waals surface area contributed by atoms with Gasteiger partial charge in [0, 0.05) is 12.3 Å². The Morgan fingerprint density at radius 3 is 2.44 bits per heavy atom. The van der Waals surface area contributed by atoms with Crippen LogP contribution in [0.3, 0.4) is 0 Å². The third-order valence-corrected chi connectivity index (χ3v) is 3.85. The molecule has 1 aromatic rings. The molecule has 0 amide bonds. The quantitative estimate of drug-likeness (QED) is 0.707. The minimum atomic E-state index is -0.243. The third kappa shape index (κ3) is 2.01. The van der Waals surface area contributed by atoms with Crippen molar-refractivity contribution < 1.29 is 9.18 Å². The van der Waals surface area contributed by atoms with Crippen LogP contribution < -0.4 is 0 Å². The summed E-state index contributed by atoms with van der Waals surface area (Å²) in [5.41, 5.74) is 0.963. The van der Waals surface area contributed by atoms with Crippen LogP contribution in [0.15, 0.2) is 24.3 Å². The second kappa shape index (κ2) is 4.36. The zero-order valence-electron chi connectivity index (χ0n) is 9.74. The van der Waals surface area contributed by atoms with Gasteiger partial charge in [-0.25, -0.2) is 4.39 Å². The van der Waals surface area contributed by atoms with E-state index in [1.165, 1.54) is 12.1 Å². The predicted octanol–water partition coefficient (Wildman–Crippen LogP) is 3.54. The van der Waals surface area contributed by atoms with E-state index in [-0.39, 0.29) is 11.7 Å². The van der Waals surface area contributed by atoms with Gasteiger partial charge in [0.25, 0.3) is 0 Å². The van der Waals surface area contributed by atoms with E-state index in [0.29, 0.717) is 24.0 Å². The highest BCUT2D eigenvalue weighted by Crippen LogP contribution is 2.38. The first-order chi connectivity index (χ1) is 7.59. The Labute approximate surface area is 95.7 Å². The van der Waals surface area contributed by atoms with Crippen LogP contribution in [0.5, 0.6) is 0 Å². The highest BCUT2D eigenvalue weighted by Gasteiger charge is 2.34. The lowest BCUT2D eigenvalue weighted by Crippen LogP contribution is -2.30. The van der Waals surface area contributed by atoms with Crippen LogP contribution in [0.4, 0.5) is 4.39 Å². The number of carbonyl (C=O) groups excluding carboxylic acids is 1. The van der Waals surface area contributed by atoms with E-state index in [9.17, 15) is 9.18 Å². The zero-order chi connectivity index (χ0) is 11.7. The molecule has 86 valence electrons. The van der Waals surface area contributed by atoms with Gasteiger partial charge in [0.05, 0.1) is 0 Å². The Morgan fingerprint density at radius 2 is 1.81 bits per heavy atom. The van der Waals surface area contributed by atoms with Gasteiger partial charge in [0.15, 0.2) is 0 Å². The van der Waals surface area contributed by atoms with E-state index in [4.69, 9.17) is 0 Å². The predicted molar refractivity (Wildman–Crippen MR) is 61.7 cm³/mol. The molecule has 3 atom stereocenters. The summed E-state index contributed by atoms with van der Waals surface area (Å²) in [7, 11) is 0. The van der Waals surface area contributed by atoms with Gasteiger partial charge in [0.2, 0.25) is 0 Å². The summed E-state index contributed by atoms with van der Waals surface area (Å²) in [6.45, 7) is 4.31. The van der Waals surface area contributed by atoms with Crippen molar-refractivity contribution in [3.8, 4) is 0 Å². The molecular weight excluding hydrogens is 203 g/mol. The molecule has 0 aliphatic heterocycles. The lowest BCUT2D eigenvalue weighted by molar-refractivity contribution is -0.124. The smallest absolute Gasteiger partial charge is 0.140 e. The summed E-state index contributed by atoms with van der Waals surface area (Å²) in [6, 6.07) is 6.36. The summed E-state index contributed by atoms with van der Waals surface area (Å²) in [6.07, 6.45) is 1.64. The van der Waals surface area contributed by atoms with Gasteiger partial charge >= 0.3 is 0 Å². The largest absolute Gasteiger partial charge is 0.299 e. The van der Waals surface area contributed by atoms with Gasteiger partial charge in [-0.2, -0.15) is 0 Å². The van der Waals surface area contributed by atoms with Crippen molar-refractivity contribution in [3.05, 3.63) is 35.6 Å². The molecule has 1 aliphatic carbocycles. The number of rotatable bonds is 1. The molecule has 1 nitrogen and oxygen atoms in total. The fourth-order valence-electron chi connectivity index (χ4n) is 2.57. The van der Waals surface area contributed by atoms with Crippen LogP contribution in [0.2, 0.25) is 0 Å². The van der Waals surface area contributed by atoms with Gasteiger partial charge in [-0.3, -0.25) is 4.79 Å². The summed E-state index contributed by atoms with van der Waals surface area (Å²) in [5.74, 6) is 0.939. The highest BCUT2D eigenvalue weighted by atomic mass is 19.1. The van der Waals surface area contributed by atoms with Crippen molar-refractivity contribution in [3.63, 3.8) is 0 Å². The van der Waals surface area contributed by atoms with E-state index in [0.717, 1.165) is 12.0 Å². The maximum absolute atomic E-state index is 12.8. The molecule has 1 saturated carbocycles. The monoisotopic (exact) mass is 220 g/mol. The van der Waals surface area contributed by atoms with Crippen LogP contribution in [0.1, 0.15) is 38.2 Å². The summed E-state index contributed by atoms with van der Waals surface area (Å²) in [4.78, 5) is 11.9. The minimum absolute atomic E-state index is 0.0376. The number of ketones is 1. The maximum Gasteiger partial charge on any atom is 0.140 e. The van der Waals surface area contributed by atoms with Crippen LogP contribution in [-0.4, -0.2) is 5.78 Å². The molecule has 16 heavy (non-hydrogen) atoms. The number of hydrogen-bond donors (Lipinski definition) is 0. The molecule has 2 heteroatoms. The summed E-state index contributed by atoms with van der Waals surface area (Å²) < 4.78 is 12.8. The second-order valence-corrected chi connectivity index (χ2v) is 4.87. The van der Waals surface area contributed by atoms with Crippen LogP contribution in [-0.2, 0) is 4.79 Å². The fourth-order valence-corrected chi connectivity index (χ4v) is 2.57. The van der Waals surface area contributed by atoms with Gasteiger partial charge in [0.1, 0.15) is 11.6 Å². The fraction of sp³-hybridized carbons (Fsp3) is 0.500. The molecule has 2 rings (SSSR count). The van der Waals surface area contributed by atoms with E-state index >= 15 is 0 Å². The topological polar surface area (TPSA) is 17.1 Å². The highest BCUT2D eigenvalue weighted by molar-refractivity contribution is 5.86. The van der Waals surface area contributed by atoms with Gasteiger partial charge in [-0.15, -0.1) is 0 Å². The molecule has 0 spiro atoms. The van der Waals surface area contributed by atoms with Gasteiger partial charge in [-0.1, -0.05) is 26.0 Å². The second-order valence-electron chi connectivity index (χ2n) is 4.87. The molecule has 0 bridgehead atoms. The molecular formula is C14H17FO. The maximum atomic E-state index is 12.8. The molecule has 0 N–H and O–H groups in total. The van der Waals surface area contributed by atoms with Crippen molar-refractivity contribution in [1.82, 2.24) is 0 Å². The Morgan fingerprint density at radius 1 is 1.19 bits per heavy atom. The molecule has 0 heterocycles. The van der Waals surface area contributed by atoms with E-state index < -0.39 is 0 Å². The first kappa shape index (κ1) is 11.3. The van der Waals surface area contributed by atoms with E-state index in [1.54, 1.807) is 12.1 Å². The Hall–Kier alpha value is -1.18. The van der Waals surface area contributed by atoms with Gasteiger partial charge in [-0.05, 0) is 36.0 Å². The SMILES string of the molecule is C[C@@H]1[C@@H](C)CCC(=O)[C@H]1c1ccc(F)cc1. The van der Waals surface area contributed by atoms with Crippen molar-refractivity contribution in [2.45, 2.75) is 32.6 Å². The average Bonchev–Trinajstić information content (AvgIpc) is 2.27. The Bertz CT molecular complexity index is 382. The molecule has 0 saturated heterocycles. The number of Topliss-reactive ketones (excluding diaryl/α,β-unsaturated/α-hetero) is 1. The van der Waals surface area contributed by atoms with Crippen LogP contribution in [0, 0.1) is 17.7 Å². The molecule has 1 aromatic carbocycles. The number of benzene rings is 1.